The van der Waals surface area contributed by atoms with Gasteiger partial charge in [-0.05, 0) is 104 Å². The van der Waals surface area contributed by atoms with Crippen molar-refractivity contribution in [1.29, 1.82) is 0 Å². The Morgan fingerprint density at radius 3 is 1.45 bits per heavy atom. The van der Waals surface area contributed by atoms with Crippen LogP contribution in [0.5, 0.6) is 23.0 Å². The SMILES string of the molecule is COC(C(=O)O)c1ccc(N2CCOCC2)cc1.COc1cc(-c2ccn(C(=O)C(OC)c3ccc(N4CCOCC4)cc3)n2)cc(OC)c1Br.COc1cc(-c2ccn[nH]2)cc(OC)c1Br. The molecule has 2 atom stereocenters. The highest BCUT2D eigenvalue weighted by Gasteiger charge is 2.25. The van der Waals surface area contributed by atoms with Gasteiger partial charge in [-0.2, -0.15) is 10.2 Å². The number of hydrogen-bond acceptors (Lipinski definition) is 14. The number of morpholine rings is 2. The third kappa shape index (κ3) is 12.7. The van der Waals surface area contributed by atoms with Crippen LogP contribution in [0.1, 0.15) is 28.1 Å². The van der Waals surface area contributed by atoms with Gasteiger partial charge in [0.05, 0.1) is 66.3 Å². The number of rotatable bonds is 14. The van der Waals surface area contributed by atoms with Gasteiger partial charge < -0.3 is 52.8 Å². The molecule has 2 aliphatic heterocycles. The number of aromatic nitrogens is 4. The number of halogens is 2. The van der Waals surface area contributed by atoms with E-state index in [1.807, 2.05) is 66.7 Å². The number of anilines is 2. The molecule has 4 aromatic carbocycles. The fourth-order valence-corrected chi connectivity index (χ4v) is 8.41. The van der Waals surface area contributed by atoms with Gasteiger partial charge >= 0.3 is 5.97 Å². The van der Waals surface area contributed by atoms with Crippen LogP contribution >= 0.6 is 31.9 Å². The van der Waals surface area contributed by atoms with E-state index < -0.39 is 18.2 Å². The molecule has 0 aliphatic carbocycles. The molecule has 6 aromatic rings. The zero-order valence-corrected chi connectivity index (χ0v) is 41.2. The number of carboxylic acids is 1. The summed E-state index contributed by atoms with van der Waals surface area (Å²) in [6.45, 7) is 6.35. The van der Waals surface area contributed by atoms with Crippen molar-refractivity contribution in [1.82, 2.24) is 20.0 Å². The topological polar surface area (TPSA) is 181 Å². The normalized spacial score (nSPS) is 14.4. The second-order valence-electron chi connectivity index (χ2n) is 14.8. The van der Waals surface area contributed by atoms with Crippen LogP contribution in [-0.2, 0) is 23.7 Å². The smallest absolute Gasteiger partial charge is 0.337 e. The predicted octanol–water partition coefficient (Wildman–Crippen LogP) is 8.35. The van der Waals surface area contributed by atoms with Crippen LogP contribution in [0.3, 0.4) is 0 Å². The third-order valence-corrected chi connectivity index (χ3v) is 12.4. The molecule has 0 bridgehead atoms. The Morgan fingerprint density at radius 1 is 0.627 bits per heavy atom. The first-order valence-electron chi connectivity index (χ1n) is 21.1. The number of aromatic amines is 1. The number of hydrogen-bond donors (Lipinski definition) is 2. The van der Waals surface area contributed by atoms with Gasteiger partial charge in [0.25, 0.3) is 5.91 Å². The van der Waals surface area contributed by atoms with E-state index in [2.05, 4.69) is 57.0 Å². The molecule has 19 heteroatoms. The number of nitrogens with zero attached hydrogens (tertiary/aromatic N) is 5. The van der Waals surface area contributed by atoms with Crippen molar-refractivity contribution >= 4 is 55.1 Å². The van der Waals surface area contributed by atoms with E-state index >= 15 is 0 Å². The van der Waals surface area contributed by atoms with Gasteiger partial charge in [0.2, 0.25) is 0 Å². The maximum atomic E-state index is 13.2. The zero-order chi connectivity index (χ0) is 47.9. The molecule has 4 heterocycles. The minimum Gasteiger partial charge on any atom is -0.495 e. The van der Waals surface area contributed by atoms with Crippen LogP contribution in [0.4, 0.5) is 11.4 Å². The molecular weight excluding hydrogens is 996 g/mol. The molecule has 2 aliphatic rings. The van der Waals surface area contributed by atoms with Crippen LogP contribution in [-0.4, -0.2) is 132 Å². The van der Waals surface area contributed by atoms with Crippen molar-refractivity contribution in [3.05, 3.63) is 117 Å². The van der Waals surface area contributed by atoms with Gasteiger partial charge in [0.15, 0.2) is 12.2 Å². The average molecular weight is 1050 g/mol. The lowest BCUT2D eigenvalue weighted by molar-refractivity contribution is -0.148. The third-order valence-electron chi connectivity index (χ3n) is 10.9. The number of nitrogens with one attached hydrogen (secondary N) is 1. The van der Waals surface area contributed by atoms with Gasteiger partial charge in [-0.15, -0.1) is 0 Å². The summed E-state index contributed by atoms with van der Waals surface area (Å²) in [7, 11) is 9.33. The molecule has 0 saturated carbocycles. The molecule has 0 amide bonds. The lowest BCUT2D eigenvalue weighted by Gasteiger charge is -2.29. The van der Waals surface area contributed by atoms with Crippen molar-refractivity contribution in [2.24, 2.45) is 0 Å². The zero-order valence-electron chi connectivity index (χ0n) is 38.1. The molecule has 2 fully saturated rings. The molecule has 2 unspecified atom stereocenters. The predicted molar refractivity (Wildman–Crippen MR) is 260 cm³/mol. The van der Waals surface area contributed by atoms with Gasteiger partial charge in [0.1, 0.15) is 31.9 Å². The Labute approximate surface area is 406 Å². The van der Waals surface area contributed by atoms with E-state index in [0.717, 1.165) is 102 Å². The largest absolute Gasteiger partial charge is 0.495 e. The van der Waals surface area contributed by atoms with E-state index in [1.165, 1.54) is 18.9 Å². The van der Waals surface area contributed by atoms with Crippen molar-refractivity contribution in [3.8, 4) is 45.5 Å². The van der Waals surface area contributed by atoms with Crippen molar-refractivity contribution in [3.63, 3.8) is 0 Å². The number of benzene rings is 4. The fourth-order valence-electron chi connectivity index (χ4n) is 7.30. The quantitative estimate of drug-likeness (QED) is 0.106. The second-order valence-corrected chi connectivity index (χ2v) is 16.4. The van der Waals surface area contributed by atoms with Crippen LogP contribution < -0.4 is 28.7 Å². The minimum absolute atomic E-state index is 0.279. The van der Waals surface area contributed by atoms with E-state index in [4.69, 9.17) is 43.0 Å². The van der Waals surface area contributed by atoms with Gasteiger partial charge in [0, 0.05) is 75.3 Å². The monoisotopic (exact) mass is 1050 g/mol. The average Bonchev–Trinajstić information content (AvgIpc) is 4.11. The molecule has 17 nitrogen and oxygen atoms in total. The molecule has 2 saturated heterocycles. The first kappa shape index (κ1) is 50.5. The highest BCUT2D eigenvalue weighted by Crippen LogP contribution is 2.40. The molecule has 0 spiro atoms. The molecular formula is C48H54Br2N6O11. The van der Waals surface area contributed by atoms with Crippen molar-refractivity contribution in [2.45, 2.75) is 12.2 Å². The van der Waals surface area contributed by atoms with Gasteiger partial charge in [-0.3, -0.25) is 9.89 Å². The van der Waals surface area contributed by atoms with E-state index in [1.54, 1.807) is 59.0 Å². The van der Waals surface area contributed by atoms with Gasteiger partial charge in [-0.1, -0.05) is 24.3 Å². The number of aliphatic carboxylic acids is 1. The molecule has 356 valence electrons. The van der Waals surface area contributed by atoms with Crippen molar-refractivity contribution in [2.75, 3.05) is 105 Å². The van der Waals surface area contributed by atoms with Gasteiger partial charge in [-0.25, -0.2) is 9.48 Å². The van der Waals surface area contributed by atoms with Crippen LogP contribution in [0.2, 0.25) is 0 Å². The summed E-state index contributed by atoms with van der Waals surface area (Å²) in [4.78, 5) is 28.6. The number of carbonyl (C=O) groups excluding carboxylic acids is 1. The Morgan fingerprint density at radius 2 is 1.06 bits per heavy atom. The van der Waals surface area contributed by atoms with E-state index in [-0.39, 0.29) is 5.91 Å². The molecule has 8 rings (SSSR count). The van der Waals surface area contributed by atoms with Crippen LogP contribution in [0.25, 0.3) is 22.5 Å². The molecule has 0 radical (unpaired) electrons. The number of methoxy groups -OCH3 is 6. The molecule has 67 heavy (non-hydrogen) atoms. The first-order chi connectivity index (χ1) is 32.5. The second kappa shape index (κ2) is 24.7. The Balaban J connectivity index is 0.000000183. The molecule has 2 N–H and O–H groups in total. The van der Waals surface area contributed by atoms with Crippen LogP contribution in [0, 0.1) is 0 Å². The number of carbonyl (C=O) groups is 2. The highest BCUT2D eigenvalue weighted by molar-refractivity contribution is 9.11. The number of carboxylic acid groups (broad SMARTS) is 1. The Kier molecular flexibility index (Phi) is 18.6. The maximum absolute atomic E-state index is 13.2. The summed E-state index contributed by atoms with van der Waals surface area (Å²) >= 11 is 6.89. The first-order valence-corrected chi connectivity index (χ1v) is 22.7. The summed E-state index contributed by atoms with van der Waals surface area (Å²) in [5.41, 5.74) is 6.88. The summed E-state index contributed by atoms with van der Waals surface area (Å²) in [6, 6.07) is 26.5. The number of H-pyrrole nitrogens is 1. The highest BCUT2D eigenvalue weighted by atomic mass is 79.9. The standard InChI is InChI=1S/C24H26BrN3O5.C13H17NO4.C11H11BrN2O2/c1-30-20-14-17(15-21(31-2)22(20)25)19-8-9-28(26-19)24(29)23(32-3)16-4-6-18(7-5-16)27-10-12-33-13-11-27;1-17-12(13(15)16)10-2-4-11(5-3-10)14-6-8-18-9-7-14;1-15-9-5-7(8-3-4-13-14-8)6-10(16-2)11(9)12/h4-9,14-15,23H,10-13H2,1-3H3;2-5,12H,6-9H2,1H3,(H,15,16);3-6H,1-2H3,(H,13,14). The lowest BCUT2D eigenvalue weighted by Crippen LogP contribution is -2.36. The van der Waals surface area contributed by atoms with E-state index in [9.17, 15) is 9.59 Å². The van der Waals surface area contributed by atoms with E-state index in [0.29, 0.717) is 27.2 Å². The molecule has 2 aromatic heterocycles. The van der Waals surface area contributed by atoms with Crippen molar-refractivity contribution < 1.29 is 52.6 Å². The summed E-state index contributed by atoms with van der Waals surface area (Å²) in [5, 5.41) is 20.3. The summed E-state index contributed by atoms with van der Waals surface area (Å²) in [5.74, 6) is 1.42. The minimum atomic E-state index is -0.975. The van der Waals surface area contributed by atoms with Crippen LogP contribution in [0.15, 0.2) is 106 Å². The lowest BCUT2D eigenvalue weighted by atomic mass is 10.1. The maximum Gasteiger partial charge on any atom is 0.337 e. The summed E-state index contributed by atoms with van der Waals surface area (Å²) in [6.07, 6.45) is 1.66. The summed E-state index contributed by atoms with van der Waals surface area (Å²) < 4.78 is 45.4. The number of ether oxygens (including phenoxy) is 8. The Hall–Kier alpha value is -5.96. The Bertz CT molecular complexity index is 2460. The fraction of sp³-hybridized carbons (Fsp3) is 0.333.